The lowest BCUT2D eigenvalue weighted by Crippen LogP contribution is -2.32. The molecule has 1 aliphatic carbocycles. The minimum absolute atomic E-state index is 0.0474. The molecule has 1 aromatic heterocycles. The quantitative estimate of drug-likeness (QED) is 0.638. The molecule has 29 heavy (non-hydrogen) atoms. The van der Waals surface area contributed by atoms with Crippen molar-refractivity contribution in [3.63, 3.8) is 0 Å². The van der Waals surface area contributed by atoms with Crippen LogP contribution in [0, 0.1) is 6.92 Å². The van der Waals surface area contributed by atoms with Crippen molar-refractivity contribution in [2.45, 2.75) is 45.6 Å². The molecule has 0 spiro atoms. The Bertz CT molecular complexity index is 1120. The van der Waals surface area contributed by atoms with Gasteiger partial charge >= 0.3 is 5.63 Å². The van der Waals surface area contributed by atoms with E-state index < -0.39 is 0 Å². The van der Waals surface area contributed by atoms with E-state index in [1.807, 2.05) is 26.0 Å². The smallest absolute Gasteiger partial charge is 0.336 e. The molecule has 5 nitrogen and oxygen atoms in total. The largest absolute Gasteiger partial charge is 0.423 e. The topological polar surface area (TPSA) is 71.3 Å². The predicted molar refractivity (Wildman–Crippen MR) is 115 cm³/mol. The Balaban J connectivity index is 1.38. The van der Waals surface area contributed by atoms with Crippen LogP contribution in [0.1, 0.15) is 48.1 Å². The van der Waals surface area contributed by atoms with Crippen LogP contribution in [0.5, 0.6) is 0 Å². The fourth-order valence-corrected chi connectivity index (χ4v) is 4.02. The first kappa shape index (κ1) is 19.2. The number of nitrogens with one attached hydrogen (secondary N) is 2. The number of anilines is 1. The second-order valence-corrected chi connectivity index (χ2v) is 7.84. The summed E-state index contributed by atoms with van der Waals surface area (Å²) in [6.07, 6.45) is 4.79. The predicted octanol–water partition coefficient (Wildman–Crippen LogP) is 4.27. The molecular formula is C24H26N2O3. The number of rotatable bonds is 5. The summed E-state index contributed by atoms with van der Waals surface area (Å²) in [7, 11) is 0. The lowest BCUT2D eigenvalue weighted by atomic mass is 9.89. The van der Waals surface area contributed by atoms with Crippen LogP contribution in [0.15, 0.2) is 51.7 Å². The van der Waals surface area contributed by atoms with Gasteiger partial charge in [-0.15, -0.1) is 0 Å². The van der Waals surface area contributed by atoms with Gasteiger partial charge in [-0.05, 0) is 73.9 Å². The van der Waals surface area contributed by atoms with Gasteiger partial charge < -0.3 is 15.1 Å². The number of carbonyl (C=O) groups is 1. The van der Waals surface area contributed by atoms with Gasteiger partial charge in [-0.2, -0.15) is 0 Å². The molecular weight excluding hydrogens is 364 g/mol. The zero-order chi connectivity index (χ0) is 20.4. The monoisotopic (exact) mass is 390 g/mol. The number of carbonyl (C=O) groups excluding carboxylic acids is 1. The van der Waals surface area contributed by atoms with Crippen molar-refractivity contribution in [2.75, 3.05) is 11.9 Å². The summed E-state index contributed by atoms with van der Waals surface area (Å²) in [5, 5.41) is 7.05. The number of aryl methyl sites for hydroxylation is 3. The van der Waals surface area contributed by atoms with Crippen molar-refractivity contribution in [1.29, 1.82) is 0 Å². The van der Waals surface area contributed by atoms with Crippen molar-refractivity contribution in [2.24, 2.45) is 0 Å². The number of hydrogen-bond acceptors (Lipinski definition) is 4. The summed E-state index contributed by atoms with van der Waals surface area (Å²) in [5.74, 6) is -0.0824. The van der Waals surface area contributed by atoms with E-state index in [4.69, 9.17) is 4.42 Å². The Morgan fingerprint density at radius 3 is 2.69 bits per heavy atom. The molecule has 1 aliphatic rings. The van der Waals surface area contributed by atoms with Crippen LogP contribution < -0.4 is 16.3 Å². The average molecular weight is 390 g/mol. The summed E-state index contributed by atoms with van der Waals surface area (Å²) < 4.78 is 5.26. The summed E-state index contributed by atoms with van der Waals surface area (Å²) in [5.41, 5.74) is 5.76. The Morgan fingerprint density at radius 2 is 1.86 bits per heavy atom. The van der Waals surface area contributed by atoms with E-state index in [-0.39, 0.29) is 24.1 Å². The molecule has 0 unspecified atom stereocenters. The van der Waals surface area contributed by atoms with Crippen LogP contribution in [-0.4, -0.2) is 12.5 Å². The summed E-state index contributed by atoms with van der Waals surface area (Å²) in [4.78, 5) is 24.0. The molecule has 4 rings (SSSR count). The van der Waals surface area contributed by atoms with E-state index >= 15 is 0 Å². The van der Waals surface area contributed by atoms with Gasteiger partial charge in [0.15, 0.2) is 0 Å². The molecule has 0 bridgehead atoms. The number of amides is 1. The van der Waals surface area contributed by atoms with Gasteiger partial charge in [0.1, 0.15) is 5.58 Å². The minimum atomic E-state index is -0.372. The van der Waals surface area contributed by atoms with E-state index in [0.29, 0.717) is 5.58 Å². The third kappa shape index (κ3) is 4.34. The van der Waals surface area contributed by atoms with Gasteiger partial charge in [0.25, 0.3) is 0 Å². The van der Waals surface area contributed by atoms with E-state index in [1.54, 1.807) is 6.07 Å². The van der Waals surface area contributed by atoms with E-state index in [2.05, 4.69) is 28.8 Å². The maximum Gasteiger partial charge on any atom is 0.336 e. The van der Waals surface area contributed by atoms with E-state index in [0.717, 1.165) is 35.0 Å². The molecule has 0 radical (unpaired) electrons. The Kier molecular flexibility index (Phi) is 5.38. The molecule has 0 aliphatic heterocycles. The van der Waals surface area contributed by atoms with Crippen molar-refractivity contribution < 1.29 is 9.21 Å². The second kappa shape index (κ2) is 8.11. The van der Waals surface area contributed by atoms with Crippen LogP contribution in [0.3, 0.4) is 0 Å². The molecule has 0 saturated carbocycles. The second-order valence-electron chi connectivity index (χ2n) is 7.84. The summed E-state index contributed by atoms with van der Waals surface area (Å²) in [6.45, 7) is 4.04. The van der Waals surface area contributed by atoms with Crippen LogP contribution in [-0.2, 0) is 17.6 Å². The summed E-state index contributed by atoms with van der Waals surface area (Å²) in [6, 6.07) is 13.5. The molecule has 2 N–H and O–H groups in total. The van der Waals surface area contributed by atoms with Crippen LogP contribution in [0.2, 0.25) is 0 Å². The highest BCUT2D eigenvalue weighted by Crippen LogP contribution is 2.25. The molecule has 150 valence electrons. The van der Waals surface area contributed by atoms with Gasteiger partial charge in [0, 0.05) is 23.2 Å². The molecule has 0 saturated heterocycles. The first-order chi connectivity index (χ1) is 14.0. The van der Waals surface area contributed by atoms with Gasteiger partial charge in [0.2, 0.25) is 5.91 Å². The molecule has 1 heterocycles. The highest BCUT2D eigenvalue weighted by molar-refractivity contribution is 5.85. The van der Waals surface area contributed by atoms with Crippen molar-refractivity contribution in [3.05, 3.63) is 75.1 Å². The molecule has 2 aromatic carbocycles. The maximum absolute atomic E-state index is 12.4. The van der Waals surface area contributed by atoms with Crippen molar-refractivity contribution in [1.82, 2.24) is 5.32 Å². The standard InChI is InChI=1S/C24H26N2O3/c1-15-11-24(28)29-22-13-20(9-10-21(15)22)25-14-23(27)26-16(2)18-8-7-17-5-3-4-6-19(17)12-18/h7-13,16,25H,3-6,14H2,1-2H3,(H,26,27)/t16-/m0/s1. The highest BCUT2D eigenvalue weighted by Gasteiger charge is 2.14. The average Bonchev–Trinajstić information content (AvgIpc) is 2.71. The Morgan fingerprint density at radius 1 is 1.07 bits per heavy atom. The third-order valence-electron chi connectivity index (χ3n) is 5.65. The lowest BCUT2D eigenvalue weighted by Gasteiger charge is -2.20. The van der Waals surface area contributed by atoms with Crippen molar-refractivity contribution in [3.8, 4) is 0 Å². The van der Waals surface area contributed by atoms with Gasteiger partial charge in [-0.25, -0.2) is 4.79 Å². The zero-order valence-corrected chi connectivity index (χ0v) is 16.9. The van der Waals surface area contributed by atoms with Gasteiger partial charge in [-0.1, -0.05) is 18.2 Å². The lowest BCUT2D eigenvalue weighted by molar-refractivity contribution is -0.120. The number of hydrogen-bond donors (Lipinski definition) is 2. The van der Waals surface area contributed by atoms with Crippen LogP contribution in [0.25, 0.3) is 11.0 Å². The van der Waals surface area contributed by atoms with E-state index in [9.17, 15) is 9.59 Å². The third-order valence-corrected chi connectivity index (χ3v) is 5.65. The molecule has 3 aromatic rings. The molecule has 5 heteroatoms. The van der Waals surface area contributed by atoms with Gasteiger partial charge in [-0.3, -0.25) is 4.79 Å². The van der Waals surface area contributed by atoms with Gasteiger partial charge in [0.05, 0.1) is 12.6 Å². The van der Waals surface area contributed by atoms with E-state index in [1.165, 1.54) is 30.0 Å². The molecule has 0 fully saturated rings. The van der Waals surface area contributed by atoms with Crippen LogP contribution in [0.4, 0.5) is 5.69 Å². The SMILES string of the molecule is Cc1cc(=O)oc2cc(NCC(=O)N[C@@H](C)c3ccc4c(c3)CCCC4)ccc12. The zero-order valence-electron chi connectivity index (χ0n) is 16.9. The minimum Gasteiger partial charge on any atom is -0.423 e. The Labute approximate surface area is 170 Å². The van der Waals surface area contributed by atoms with Crippen LogP contribution >= 0.6 is 0 Å². The first-order valence-electron chi connectivity index (χ1n) is 10.2. The molecule has 1 atom stereocenters. The normalized spacial score (nSPS) is 14.3. The fraction of sp³-hybridized carbons (Fsp3) is 0.333. The first-order valence-corrected chi connectivity index (χ1v) is 10.2. The molecule has 1 amide bonds. The fourth-order valence-electron chi connectivity index (χ4n) is 4.02. The maximum atomic E-state index is 12.4. The number of benzene rings is 2. The Hall–Kier alpha value is -3.08. The van der Waals surface area contributed by atoms with Crippen molar-refractivity contribution >= 4 is 22.6 Å². The highest BCUT2D eigenvalue weighted by atomic mass is 16.4. The number of fused-ring (bicyclic) bond motifs is 2. The summed E-state index contributed by atoms with van der Waals surface area (Å²) >= 11 is 0.